The van der Waals surface area contributed by atoms with Gasteiger partial charge in [0.15, 0.2) is 0 Å². The minimum absolute atomic E-state index is 0.107. The second kappa shape index (κ2) is 11.0. The average Bonchev–Trinajstić information content (AvgIpc) is 3.20. The van der Waals surface area contributed by atoms with Crippen LogP contribution < -0.4 is 10.2 Å². The van der Waals surface area contributed by atoms with Gasteiger partial charge < -0.3 is 19.9 Å². The summed E-state index contributed by atoms with van der Waals surface area (Å²) in [5.41, 5.74) is 2.95. The molecular formula is C26H37N5O3. The molecule has 0 bridgehead atoms. The van der Waals surface area contributed by atoms with E-state index in [4.69, 9.17) is 0 Å². The third kappa shape index (κ3) is 5.26. The molecule has 0 saturated carbocycles. The van der Waals surface area contributed by atoms with Crippen LogP contribution in [0.25, 0.3) is 10.9 Å². The smallest absolute Gasteiger partial charge is 0.228 e. The molecule has 0 spiro atoms. The van der Waals surface area contributed by atoms with Crippen molar-refractivity contribution in [2.45, 2.75) is 50.9 Å². The van der Waals surface area contributed by atoms with Crippen molar-refractivity contribution >= 4 is 35.2 Å². The molecule has 1 N–H and O–H groups in total. The van der Waals surface area contributed by atoms with Gasteiger partial charge in [-0.05, 0) is 68.6 Å². The lowest BCUT2D eigenvalue weighted by Gasteiger charge is -2.37. The zero-order valence-corrected chi connectivity index (χ0v) is 20.4. The average molecular weight is 468 g/mol. The predicted octanol–water partition coefficient (Wildman–Crippen LogP) is 2.86. The Morgan fingerprint density at radius 2 is 1.79 bits per heavy atom. The molecule has 1 aromatic heterocycles. The van der Waals surface area contributed by atoms with Crippen molar-refractivity contribution in [2.24, 2.45) is 18.9 Å². The molecule has 4 rings (SSSR count). The number of anilines is 1. The van der Waals surface area contributed by atoms with E-state index in [0.29, 0.717) is 12.8 Å². The molecule has 1 atom stereocenters. The summed E-state index contributed by atoms with van der Waals surface area (Å²) in [6.07, 6.45) is 8.60. The molecule has 0 aliphatic carbocycles. The summed E-state index contributed by atoms with van der Waals surface area (Å²) in [5, 5.41) is 8.38. The first-order valence-corrected chi connectivity index (χ1v) is 12.6. The molecule has 0 radical (unpaired) electrons. The number of aryl methyl sites for hydroxylation is 1. The molecule has 8 heteroatoms. The number of amides is 2. The Morgan fingerprint density at radius 1 is 1.12 bits per heavy atom. The molecule has 34 heavy (non-hydrogen) atoms. The summed E-state index contributed by atoms with van der Waals surface area (Å²) in [6.45, 7) is 3.92. The number of nitrogens with zero attached hydrogens (tertiary/aromatic N) is 4. The SMILES string of the molecule is CNC(=O)C(CCC=O)c1nn(C)c2cc(N3CCC(CC4CCN(C=O)CC4)CC3)ccc12. The Bertz CT molecular complexity index is 1000. The number of fused-ring (bicyclic) bond motifs is 1. The molecule has 2 aliphatic heterocycles. The van der Waals surface area contributed by atoms with Crippen LogP contribution in [0.2, 0.25) is 0 Å². The lowest BCUT2D eigenvalue weighted by Crippen LogP contribution is -2.36. The van der Waals surface area contributed by atoms with E-state index in [1.807, 2.05) is 16.6 Å². The monoisotopic (exact) mass is 467 g/mol. The predicted molar refractivity (Wildman–Crippen MR) is 133 cm³/mol. The third-order valence-corrected chi connectivity index (χ3v) is 7.77. The molecule has 184 valence electrons. The lowest BCUT2D eigenvalue weighted by molar-refractivity contribution is -0.122. The minimum atomic E-state index is -0.432. The number of likely N-dealkylation sites (N-methyl/N-ethyl adjacent to an activating group) is 1. The van der Waals surface area contributed by atoms with E-state index in [9.17, 15) is 14.4 Å². The fraction of sp³-hybridized carbons (Fsp3) is 0.615. The Labute approximate surface area is 201 Å². The van der Waals surface area contributed by atoms with Crippen LogP contribution in [0, 0.1) is 11.8 Å². The topological polar surface area (TPSA) is 87.5 Å². The summed E-state index contributed by atoms with van der Waals surface area (Å²) in [4.78, 5) is 38.7. The van der Waals surface area contributed by atoms with Gasteiger partial charge in [-0.2, -0.15) is 5.10 Å². The summed E-state index contributed by atoms with van der Waals surface area (Å²) in [6, 6.07) is 6.41. The third-order valence-electron chi connectivity index (χ3n) is 7.77. The van der Waals surface area contributed by atoms with E-state index >= 15 is 0 Å². The van der Waals surface area contributed by atoms with Gasteiger partial charge in [0, 0.05) is 57.8 Å². The van der Waals surface area contributed by atoms with Crippen LogP contribution in [0.5, 0.6) is 0 Å². The standard InChI is InChI=1S/C26H37N5O3/c1-27-26(34)23(4-3-15-32)25-22-6-5-21(17-24(22)29(2)28-25)31-13-9-20(10-14-31)16-19-7-11-30(18-33)12-8-19/h5-6,15,17-20,23H,3-4,7-14,16H2,1-2H3,(H,27,34). The van der Waals surface area contributed by atoms with Gasteiger partial charge in [0.05, 0.1) is 17.1 Å². The van der Waals surface area contributed by atoms with Crippen LogP contribution in [-0.2, 0) is 21.4 Å². The van der Waals surface area contributed by atoms with E-state index in [-0.39, 0.29) is 5.91 Å². The maximum absolute atomic E-state index is 12.5. The summed E-state index contributed by atoms with van der Waals surface area (Å²) >= 11 is 0. The molecule has 1 unspecified atom stereocenters. The zero-order valence-electron chi connectivity index (χ0n) is 20.4. The first kappa shape index (κ1) is 24.2. The Hall–Kier alpha value is -2.90. The number of hydrogen-bond acceptors (Lipinski definition) is 5. The highest BCUT2D eigenvalue weighted by molar-refractivity contribution is 5.92. The maximum Gasteiger partial charge on any atom is 0.228 e. The first-order valence-electron chi connectivity index (χ1n) is 12.6. The van der Waals surface area contributed by atoms with Gasteiger partial charge in [0.2, 0.25) is 12.3 Å². The largest absolute Gasteiger partial charge is 0.371 e. The van der Waals surface area contributed by atoms with Gasteiger partial charge in [0.1, 0.15) is 6.29 Å². The number of nitrogens with one attached hydrogen (secondary N) is 1. The van der Waals surface area contributed by atoms with Crippen molar-refractivity contribution in [3.8, 4) is 0 Å². The highest BCUT2D eigenvalue weighted by Crippen LogP contribution is 2.34. The van der Waals surface area contributed by atoms with Crippen LogP contribution in [0.3, 0.4) is 0 Å². The van der Waals surface area contributed by atoms with Crippen molar-refractivity contribution in [1.82, 2.24) is 20.0 Å². The molecule has 2 fully saturated rings. The van der Waals surface area contributed by atoms with Crippen LogP contribution in [0.1, 0.15) is 56.6 Å². The normalized spacial score (nSPS) is 18.8. The zero-order chi connectivity index (χ0) is 24.1. The number of aromatic nitrogens is 2. The summed E-state index contributed by atoms with van der Waals surface area (Å²) in [7, 11) is 3.54. The van der Waals surface area contributed by atoms with Crippen molar-refractivity contribution in [1.29, 1.82) is 0 Å². The molecule has 1 aromatic carbocycles. The van der Waals surface area contributed by atoms with Gasteiger partial charge in [0.25, 0.3) is 0 Å². The molecule has 2 aromatic rings. The Morgan fingerprint density at radius 3 is 2.41 bits per heavy atom. The maximum atomic E-state index is 12.5. The van der Waals surface area contributed by atoms with E-state index in [1.54, 1.807) is 7.05 Å². The molecular weight excluding hydrogens is 430 g/mol. The second-order valence-electron chi connectivity index (χ2n) is 9.87. The number of benzene rings is 1. The van der Waals surface area contributed by atoms with Crippen molar-refractivity contribution in [2.75, 3.05) is 38.1 Å². The van der Waals surface area contributed by atoms with Crippen LogP contribution >= 0.6 is 0 Å². The van der Waals surface area contributed by atoms with Gasteiger partial charge in [-0.15, -0.1) is 0 Å². The van der Waals surface area contributed by atoms with E-state index < -0.39 is 5.92 Å². The highest BCUT2D eigenvalue weighted by Gasteiger charge is 2.27. The molecule has 2 aliphatic rings. The molecule has 2 saturated heterocycles. The fourth-order valence-corrected chi connectivity index (χ4v) is 5.72. The van der Waals surface area contributed by atoms with E-state index in [1.165, 1.54) is 24.9 Å². The Kier molecular flexibility index (Phi) is 7.85. The van der Waals surface area contributed by atoms with E-state index in [2.05, 4.69) is 33.5 Å². The minimum Gasteiger partial charge on any atom is -0.371 e. The fourth-order valence-electron chi connectivity index (χ4n) is 5.72. The van der Waals surface area contributed by atoms with Crippen molar-refractivity contribution in [3.05, 3.63) is 23.9 Å². The number of hydrogen-bond donors (Lipinski definition) is 1. The highest BCUT2D eigenvalue weighted by atomic mass is 16.2. The van der Waals surface area contributed by atoms with E-state index in [0.717, 1.165) is 80.1 Å². The number of rotatable bonds is 9. The molecule has 8 nitrogen and oxygen atoms in total. The lowest BCUT2D eigenvalue weighted by atomic mass is 9.83. The first-order chi connectivity index (χ1) is 16.5. The number of likely N-dealkylation sites (tertiary alicyclic amines) is 1. The van der Waals surface area contributed by atoms with Gasteiger partial charge in [-0.1, -0.05) is 0 Å². The van der Waals surface area contributed by atoms with Crippen molar-refractivity contribution in [3.63, 3.8) is 0 Å². The van der Waals surface area contributed by atoms with Gasteiger partial charge >= 0.3 is 0 Å². The summed E-state index contributed by atoms with van der Waals surface area (Å²) < 4.78 is 1.85. The number of piperidine rings is 2. The quantitative estimate of drug-likeness (QED) is 0.573. The Balaban J connectivity index is 1.41. The molecule has 2 amide bonds. The second-order valence-corrected chi connectivity index (χ2v) is 9.87. The van der Waals surface area contributed by atoms with Gasteiger partial charge in [-0.3, -0.25) is 14.3 Å². The van der Waals surface area contributed by atoms with Gasteiger partial charge in [-0.25, -0.2) is 0 Å². The number of carbonyl (C=O) groups is 3. The molecule has 3 heterocycles. The number of aldehydes is 1. The van der Waals surface area contributed by atoms with Crippen LogP contribution in [-0.4, -0.2) is 66.5 Å². The van der Waals surface area contributed by atoms with Crippen LogP contribution in [0.15, 0.2) is 18.2 Å². The van der Waals surface area contributed by atoms with Crippen molar-refractivity contribution < 1.29 is 14.4 Å². The number of carbonyl (C=O) groups excluding carboxylic acids is 3. The summed E-state index contributed by atoms with van der Waals surface area (Å²) in [5.74, 6) is 0.982. The van der Waals surface area contributed by atoms with Crippen LogP contribution in [0.4, 0.5) is 5.69 Å².